The van der Waals surface area contributed by atoms with E-state index in [1.807, 2.05) is 0 Å². The molecule has 2 rings (SSSR count). The maximum absolute atomic E-state index is 11.2. The van der Waals surface area contributed by atoms with Gasteiger partial charge in [0.15, 0.2) is 0 Å². The minimum Gasteiger partial charge on any atom is -0.374 e. The molecule has 2 atom stereocenters. The zero-order valence-electron chi connectivity index (χ0n) is 8.48. The lowest BCUT2D eigenvalue weighted by Crippen LogP contribution is -2.63. The van der Waals surface area contributed by atoms with Gasteiger partial charge < -0.3 is 20.3 Å². The van der Waals surface area contributed by atoms with Crippen molar-refractivity contribution < 1.29 is 9.53 Å². The second kappa shape index (κ2) is 3.84. The van der Waals surface area contributed by atoms with E-state index >= 15 is 0 Å². The average Bonchev–Trinajstić information content (AvgIpc) is 2.17. The Labute approximate surface area is 83.8 Å². The van der Waals surface area contributed by atoms with Crippen LogP contribution in [0, 0.1) is 0 Å². The maximum Gasteiger partial charge on any atom is 0.241 e. The molecular weight excluding hydrogens is 182 g/mol. The molecule has 14 heavy (non-hydrogen) atoms. The first-order valence-electron chi connectivity index (χ1n) is 5.01. The Balaban J connectivity index is 1.77. The number of hydrogen-bond donors (Lipinski definition) is 1. The number of nitrogens with two attached hydrogens (primary N) is 1. The molecule has 0 radical (unpaired) electrons. The Morgan fingerprint density at radius 3 is 2.93 bits per heavy atom. The van der Waals surface area contributed by atoms with E-state index in [9.17, 15) is 4.79 Å². The fourth-order valence-electron chi connectivity index (χ4n) is 1.92. The standard InChI is InChI=1S/C9H17N3O2/c1-11-2-3-14-7(4-11)5-12-6-8(10)9(12)13/h7-8H,2-6,10H2,1H3. The predicted octanol–water partition coefficient (Wildman–Crippen LogP) is -1.51. The lowest BCUT2D eigenvalue weighted by Gasteiger charge is -2.40. The molecule has 5 nitrogen and oxygen atoms in total. The first-order valence-corrected chi connectivity index (χ1v) is 5.01. The van der Waals surface area contributed by atoms with E-state index in [1.165, 1.54) is 0 Å². The summed E-state index contributed by atoms with van der Waals surface area (Å²) in [5.41, 5.74) is 5.50. The lowest BCUT2D eigenvalue weighted by atomic mass is 10.1. The van der Waals surface area contributed by atoms with E-state index < -0.39 is 0 Å². The van der Waals surface area contributed by atoms with Crippen LogP contribution in [0.2, 0.25) is 0 Å². The second-order valence-corrected chi connectivity index (χ2v) is 4.10. The first-order chi connectivity index (χ1) is 6.66. The third-order valence-corrected chi connectivity index (χ3v) is 2.81. The average molecular weight is 199 g/mol. The van der Waals surface area contributed by atoms with Gasteiger partial charge in [-0.1, -0.05) is 0 Å². The predicted molar refractivity (Wildman–Crippen MR) is 51.8 cm³/mol. The molecule has 0 saturated carbocycles. The Kier molecular flexibility index (Phi) is 2.71. The fraction of sp³-hybridized carbons (Fsp3) is 0.889. The van der Waals surface area contributed by atoms with E-state index in [0.717, 1.165) is 19.7 Å². The van der Waals surface area contributed by atoms with Crippen molar-refractivity contribution in [3.8, 4) is 0 Å². The molecule has 5 heteroatoms. The first kappa shape index (κ1) is 9.89. The summed E-state index contributed by atoms with van der Waals surface area (Å²) in [4.78, 5) is 15.2. The molecular formula is C9H17N3O2. The van der Waals surface area contributed by atoms with Gasteiger partial charge in [-0.25, -0.2) is 0 Å². The summed E-state index contributed by atoms with van der Waals surface area (Å²) in [7, 11) is 2.07. The van der Waals surface area contributed by atoms with Gasteiger partial charge in [-0.05, 0) is 7.05 Å². The molecule has 0 aliphatic carbocycles. The smallest absolute Gasteiger partial charge is 0.241 e. The van der Waals surface area contributed by atoms with E-state index in [1.54, 1.807) is 4.90 Å². The van der Waals surface area contributed by atoms with E-state index in [-0.39, 0.29) is 18.1 Å². The molecule has 0 aromatic carbocycles. The third-order valence-electron chi connectivity index (χ3n) is 2.81. The highest BCUT2D eigenvalue weighted by Gasteiger charge is 2.35. The Morgan fingerprint density at radius 2 is 2.36 bits per heavy atom. The molecule has 2 aliphatic heterocycles. The molecule has 1 amide bonds. The zero-order chi connectivity index (χ0) is 10.1. The minimum absolute atomic E-state index is 0.0572. The van der Waals surface area contributed by atoms with Crippen molar-refractivity contribution in [2.45, 2.75) is 12.1 Å². The molecule has 2 heterocycles. The van der Waals surface area contributed by atoms with Gasteiger partial charge in [0.05, 0.1) is 12.7 Å². The quantitative estimate of drug-likeness (QED) is 0.549. The number of β-lactam (4-membered cyclic amide) rings is 1. The van der Waals surface area contributed by atoms with Crippen LogP contribution in [0.4, 0.5) is 0 Å². The van der Waals surface area contributed by atoms with Gasteiger partial charge in [0.25, 0.3) is 0 Å². The summed E-state index contributed by atoms with van der Waals surface area (Å²) in [6.07, 6.45) is 0.158. The van der Waals surface area contributed by atoms with Crippen molar-refractivity contribution >= 4 is 5.91 Å². The van der Waals surface area contributed by atoms with Crippen molar-refractivity contribution in [3.63, 3.8) is 0 Å². The summed E-state index contributed by atoms with van der Waals surface area (Å²) in [6.45, 7) is 4.01. The minimum atomic E-state index is -0.267. The third kappa shape index (κ3) is 1.89. The normalized spacial score (nSPS) is 34.4. The highest BCUT2D eigenvalue weighted by molar-refractivity contribution is 5.87. The van der Waals surface area contributed by atoms with E-state index in [2.05, 4.69) is 11.9 Å². The van der Waals surface area contributed by atoms with Crippen molar-refractivity contribution in [1.29, 1.82) is 0 Å². The van der Waals surface area contributed by atoms with E-state index in [0.29, 0.717) is 13.1 Å². The van der Waals surface area contributed by atoms with Crippen LogP contribution in [0.5, 0.6) is 0 Å². The van der Waals surface area contributed by atoms with Gasteiger partial charge in [-0.2, -0.15) is 0 Å². The molecule has 0 spiro atoms. The molecule has 2 fully saturated rings. The summed E-state index contributed by atoms with van der Waals surface area (Å²) in [5, 5.41) is 0. The molecule has 0 aromatic rings. The summed E-state index contributed by atoms with van der Waals surface area (Å²) in [6, 6.07) is -0.267. The van der Waals surface area contributed by atoms with Crippen molar-refractivity contribution in [2.75, 3.05) is 39.8 Å². The number of hydrogen-bond acceptors (Lipinski definition) is 4. The van der Waals surface area contributed by atoms with Gasteiger partial charge in [0.1, 0.15) is 6.04 Å². The van der Waals surface area contributed by atoms with Crippen LogP contribution in [0.1, 0.15) is 0 Å². The highest BCUT2D eigenvalue weighted by atomic mass is 16.5. The number of carbonyl (C=O) groups is 1. The molecule has 2 saturated heterocycles. The van der Waals surface area contributed by atoms with Crippen LogP contribution in [0.3, 0.4) is 0 Å². The molecule has 2 unspecified atom stereocenters. The molecule has 0 bridgehead atoms. The number of morpholine rings is 1. The zero-order valence-corrected chi connectivity index (χ0v) is 8.48. The van der Waals surface area contributed by atoms with Gasteiger partial charge in [-0.15, -0.1) is 0 Å². The topological polar surface area (TPSA) is 58.8 Å². The Bertz CT molecular complexity index is 234. The van der Waals surface area contributed by atoms with Crippen molar-refractivity contribution in [3.05, 3.63) is 0 Å². The number of carbonyl (C=O) groups excluding carboxylic acids is 1. The Morgan fingerprint density at radius 1 is 1.57 bits per heavy atom. The second-order valence-electron chi connectivity index (χ2n) is 4.10. The highest BCUT2D eigenvalue weighted by Crippen LogP contribution is 2.12. The molecule has 80 valence electrons. The molecule has 2 aliphatic rings. The number of nitrogens with zero attached hydrogens (tertiary/aromatic N) is 2. The number of rotatable bonds is 2. The fourth-order valence-corrected chi connectivity index (χ4v) is 1.92. The van der Waals surface area contributed by atoms with Crippen molar-refractivity contribution in [2.24, 2.45) is 5.73 Å². The largest absolute Gasteiger partial charge is 0.374 e. The maximum atomic E-state index is 11.2. The number of ether oxygens (including phenoxy) is 1. The Hall–Kier alpha value is -0.650. The van der Waals surface area contributed by atoms with Crippen LogP contribution < -0.4 is 5.73 Å². The number of likely N-dealkylation sites (tertiary alicyclic amines) is 1. The lowest BCUT2D eigenvalue weighted by molar-refractivity contribution is -0.146. The number of likely N-dealkylation sites (N-methyl/N-ethyl adjacent to an activating group) is 1. The SMILES string of the molecule is CN1CCOC(CN2CC(N)C2=O)C1. The van der Waals surface area contributed by atoms with Gasteiger partial charge in [0.2, 0.25) is 5.91 Å². The monoisotopic (exact) mass is 199 g/mol. The molecule has 0 aromatic heterocycles. The molecule has 2 N–H and O–H groups in total. The van der Waals surface area contributed by atoms with E-state index in [4.69, 9.17) is 10.5 Å². The van der Waals surface area contributed by atoms with Crippen LogP contribution in [-0.2, 0) is 9.53 Å². The van der Waals surface area contributed by atoms with Crippen molar-refractivity contribution in [1.82, 2.24) is 9.80 Å². The van der Waals surface area contributed by atoms with Crippen LogP contribution in [0.15, 0.2) is 0 Å². The van der Waals surface area contributed by atoms with Gasteiger partial charge >= 0.3 is 0 Å². The van der Waals surface area contributed by atoms with Gasteiger partial charge in [0, 0.05) is 26.2 Å². The number of amides is 1. The van der Waals surface area contributed by atoms with Crippen LogP contribution in [0.25, 0.3) is 0 Å². The summed E-state index contributed by atoms with van der Waals surface area (Å²) in [5.74, 6) is 0.0572. The van der Waals surface area contributed by atoms with Crippen LogP contribution in [-0.4, -0.2) is 67.7 Å². The van der Waals surface area contributed by atoms with Crippen LogP contribution >= 0.6 is 0 Å². The van der Waals surface area contributed by atoms with Gasteiger partial charge in [-0.3, -0.25) is 4.79 Å². The summed E-state index contributed by atoms with van der Waals surface area (Å²) >= 11 is 0. The summed E-state index contributed by atoms with van der Waals surface area (Å²) < 4.78 is 5.56.